The van der Waals surface area contributed by atoms with Gasteiger partial charge in [-0.15, -0.1) is 0 Å². The first-order valence-electron chi connectivity index (χ1n) is 8.06. The average Bonchev–Trinajstić information content (AvgIpc) is 2.67. The van der Waals surface area contributed by atoms with Gasteiger partial charge in [-0.25, -0.2) is 4.98 Å². The Hall–Kier alpha value is -3.13. The van der Waals surface area contributed by atoms with Crippen molar-refractivity contribution in [2.45, 2.75) is 6.92 Å². The zero-order chi connectivity index (χ0) is 19.6. The standard InChI is InChI=1S/C18H18ClN3O5/c1-2-26-14-6-4-3-5-13(14)18(25)21-10-17(24)27-11-16(23)22-15-8-7-12(19)9-20-15/h3-9H,2,10-11H2,1H3,(H,21,25)(H,20,22,23). The minimum Gasteiger partial charge on any atom is -0.493 e. The zero-order valence-electron chi connectivity index (χ0n) is 14.5. The van der Waals surface area contributed by atoms with E-state index in [1.165, 1.54) is 12.3 Å². The highest BCUT2D eigenvalue weighted by Gasteiger charge is 2.14. The number of para-hydroxylation sites is 1. The van der Waals surface area contributed by atoms with Crippen LogP contribution in [0.15, 0.2) is 42.6 Å². The first-order chi connectivity index (χ1) is 13.0. The molecule has 0 spiro atoms. The van der Waals surface area contributed by atoms with Crippen LogP contribution in [-0.4, -0.2) is 42.5 Å². The maximum atomic E-state index is 12.2. The van der Waals surface area contributed by atoms with Crippen LogP contribution in [-0.2, 0) is 14.3 Å². The number of pyridine rings is 1. The van der Waals surface area contributed by atoms with Crippen molar-refractivity contribution < 1.29 is 23.9 Å². The van der Waals surface area contributed by atoms with Gasteiger partial charge in [0, 0.05) is 6.20 Å². The van der Waals surface area contributed by atoms with Gasteiger partial charge in [0.2, 0.25) is 0 Å². The normalized spacial score (nSPS) is 10.0. The van der Waals surface area contributed by atoms with E-state index in [-0.39, 0.29) is 12.4 Å². The Morgan fingerprint density at radius 1 is 1.15 bits per heavy atom. The molecule has 0 saturated carbocycles. The first-order valence-corrected chi connectivity index (χ1v) is 8.44. The number of hydrogen-bond acceptors (Lipinski definition) is 6. The number of nitrogens with zero attached hydrogens (tertiary/aromatic N) is 1. The topological polar surface area (TPSA) is 107 Å². The van der Waals surface area contributed by atoms with Gasteiger partial charge in [0.1, 0.15) is 18.1 Å². The molecule has 0 saturated heterocycles. The molecule has 0 aliphatic carbocycles. The molecule has 0 aliphatic rings. The molecule has 1 heterocycles. The average molecular weight is 392 g/mol. The highest BCUT2D eigenvalue weighted by atomic mass is 35.5. The van der Waals surface area contributed by atoms with Gasteiger partial charge in [-0.1, -0.05) is 23.7 Å². The van der Waals surface area contributed by atoms with Gasteiger partial charge >= 0.3 is 5.97 Å². The van der Waals surface area contributed by atoms with Gasteiger partial charge in [0.05, 0.1) is 17.2 Å². The van der Waals surface area contributed by atoms with Gasteiger partial charge in [-0.3, -0.25) is 14.4 Å². The molecular weight excluding hydrogens is 374 g/mol. The molecule has 0 bridgehead atoms. The second kappa shape index (κ2) is 10.1. The van der Waals surface area contributed by atoms with Crippen LogP contribution in [0.5, 0.6) is 5.75 Å². The second-order valence-electron chi connectivity index (χ2n) is 5.18. The van der Waals surface area contributed by atoms with Crippen LogP contribution in [0.1, 0.15) is 17.3 Å². The van der Waals surface area contributed by atoms with Crippen molar-refractivity contribution in [3.05, 3.63) is 53.2 Å². The highest BCUT2D eigenvalue weighted by Crippen LogP contribution is 2.17. The number of amides is 2. The third kappa shape index (κ3) is 6.59. The molecule has 1 aromatic heterocycles. The molecule has 2 amide bonds. The van der Waals surface area contributed by atoms with Crippen LogP contribution in [0.3, 0.4) is 0 Å². The number of carbonyl (C=O) groups is 3. The Balaban J connectivity index is 1.76. The maximum absolute atomic E-state index is 12.2. The van der Waals surface area contributed by atoms with Crippen LogP contribution in [0.4, 0.5) is 5.82 Å². The third-order valence-electron chi connectivity index (χ3n) is 3.18. The molecule has 1 aromatic carbocycles. The van der Waals surface area contributed by atoms with Gasteiger partial charge in [-0.05, 0) is 31.2 Å². The van der Waals surface area contributed by atoms with E-state index in [9.17, 15) is 14.4 Å². The van der Waals surface area contributed by atoms with Crippen molar-refractivity contribution in [2.75, 3.05) is 25.1 Å². The number of ether oxygens (including phenoxy) is 2. The molecule has 2 N–H and O–H groups in total. The van der Waals surface area contributed by atoms with E-state index in [4.69, 9.17) is 21.1 Å². The number of anilines is 1. The molecule has 0 aliphatic heterocycles. The number of benzene rings is 1. The van der Waals surface area contributed by atoms with Gasteiger partial charge < -0.3 is 20.1 Å². The summed E-state index contributed by atoms with van der Waals surface area (Å²) in [6.07, 6.45) is 1.37. The number of nitrogens with one attached hydrogen (secondary N) is 2. The van der Waals surface area contributed by atoms with Crippen LogP contribution in [0, 0.1) is 0 Å². The fraction of sp³-hybridized carbons (Fsp3) is 0.222. The predicted molar refractivity (Wildman–Crippen MR) is 98.8 cm³/mol. The van der Waals surface area contributed by atoms with Crippen LogP contribution < -0.4 is 15.4 Å². The molecular formula is C18H18ClN3O5. The van der Waals surface area contributed by atoms with Crippen molar-refractivity contribution in [3.8, 4) is 5.75 Å². The maximum Gasteiger partial charge on any atom is 0.325 e. The van der Waals surface area contributed by atoms with E-state index >= 15 is 0 Å². The van der Waals surface area contributed by atoms with Crippen molar-refractivity contribution in [2.24, 2.45) is 0 Å². The second-order valence-corrected chi connectivity index (χ2v) is 5.62. The Bertz CT molecular complexity index is 811. The molecule has 8 nitrogen and oxygen atoms in total. The molecule has 142 valence electrons. The minimum atomic E-state index is -0.753. The molecule has 2 rings (SSSR count). The number of hydrogen-bond donors (Lipinski definition) is 2. The predicted octanol–water partition coefficient (Wildman–Crippen LogP) is 2.05. The summed E-state index contributed by atoms with van der Waals surface area (Å²) >= 11 is 5.70. The van der Waals surface area contributed by atoms with E-state index in [2.05, 4.69) is 15.6 Å². The number of halogens is 1. The smallest absolute Gasteiger partial charge is 0.325 e. The summed E-state index contributed by atoms with van der Waals surface area (Å²) in [6.45, 7) is 1.32. The fourth-order valence-electron chi connectivity index (χ4n) is 2.01. The van der Waals surface area contributed by atoms with Crippen LogP contribution in [0.2, 0.25) is 5.02 Å². The lowest BCUT2D eigenvalue weighted by molar-refractivity contribution is -0.146. The molecule has 0 fully saturated rings. The summed E-state index contributed by atoms with van der Waals surface area (Å²) in [5.74, 6) is -1.10. The Labute approximate surface area is 160 Å². The SMILES string of the molecule is CCOc1ccccc1C(=O)NCC(=O)OCC(=O)Nc1ccc(Cl)cn1. The lowest BCUT2D eigenvalue weighted by Crippen LogP contribution is -2.32. The molecule has 27 heavy (non-hydrogen) atoms. The Kier molecular flexibility index (Phi) is 7.57. The lowest BCUT2D eigenvalue weighted by Gasteiger charge is -2.10. The minimum absolute atomic E-state index is 0.279. The molecule has 2 aromatic rings. The van der Waals surface area contributed by atoms with Crippen molar-refractivity contribution >= 4 is 35.2 Å². The van der Waals surface area contributed by atoms with Gasteiger partial charge in [0.15, 0.2) is 6.61 Å². The monoisotopic (exact) mass is 391 g/mol. The quantitative estimate of drug-likeness (QED) is 0.667. The number of esters is 1. The van der Waals surface area contributed by atoms with E-state index in [0.29, 0.717) is 22.9 Å². The van der Waals surface area contributed by atoms with Crippen LogP contribution in [0.25, 0.3) is 0 Å². The molecule has 0 unspecified atom stereocenters. The largest absolute Gasteiger partial charge is 0.493 e. The number of rotatable bonds is 8. The lowest BCUT2D eigenvalue weighted by atomic mass is 10.2. The zero-order valence-corrected chi connectivity index (χ0v) is 15.3. The van der Waals surface area contributed by atoms with Gasteiger partial charge in [-0.2, -0.15) is 0 Å². The summed E-state index contributed by atoms with van der Waals surface area (Å²) < 4.78 is 10.2. The molecule has 0 atom stereocenters. The third-order valence-corrected chi connectivity index (χ3v) is 3.41. The van der Waals surface area contributed by atoms with Crippen molar-refractivity contribution in [1.82, 2.24) is 10.3 Å². The summed E-state index contributed by atoms with van der Waals surface area (Å²) in [6, 6.07) is 9.74. The summed E-state index contributed by atoms with van der Waals surface area (Å²) in [4.78, 5) is 39.5. The number of aromatic nitrogens is 1. The summed E-state index contributed by atoms with van der Waals surface area (Å²) in [5.41, 5.74) is 0.304. The summed E-state index contributed by atoms with van der Waals surface area (Å²) in [7, 11) is 0. The van der Waals surface area contributed by atoms with Crippen molar-refractivity contribution in [1.29, 1.82) is 0 Å². The Morgan fingerprint density at radius 2 is 1.93 bits per heavy atom. The molecule has 9 heteroatoms. The summed E-state index contributed by atoms with van der Waals surface area (Å²) in [5, 5.41) is 5.30. The number of carbonyl (C=O) groups excluding carboxylic acids is 3. The Morgan fingerprint density at radius 3 is 2.63 bits per heavy atom. The van der Waals surface area contributed by atoms with Gasteiger partial charge in [0.25, 0.3) is 11.8 Å². The van der Waals surface area contributed by atoms with E-state index in [1.807, 2.05) is 0 Å². The van der Waals surface area contributed by atoms with E-state index in [1.54, 1.807) is 37.3 Å². The fourth-order valence-corrected chi connectivity index (χ4v) is 2.12. The molecule has 0 radical (unpaired) electrons. The van der Waals surface area contributed by atoms with E-state index in [0.717, 1.165) is 0 Å². The van der Waals surface area contributed by atoms with Crippen LogP contribution >= 0.6 is 11.6 Å². The van der Waals surface area contributed by atoms with Crippen molar-refractivity contribution in [3.63, 3.8) is 0 Å². The first kappa shape index (κ1) is 20.2. The highest BCUT2D eigenvalue weighted by molar-refractivity contribution is 6.30. The van der Waals surface area contributed by atoms with E-state index < -0.39 is 24.4 Å².